The van der Waals surface area contributed by atoms with Crippen LogP contribution < -0.4 is 0 Å². The Bertz CT molecular complexity index is 361. The molecule has 3 nitrogen and oxygen atoms in total. The molecule has 85 valence electrons. The largest absolute Gasteiger partial charge is 0.508 e. The summed E-state index contributed by atoms with van der Waals surface area (Å²) in [6, 6.07) is 3.84. The van der Waals surface area contributed by atoms with Gasteiger partial charge in [-0.3, -0.25) is 0 Å². The van der Waals surface area contributed by atoms with E-state index in [4.69, 9.17) is 6.48 Å². The van der Waals surface area contributed by atoms with Crippen molar-refractivity contribution in [3.8, 4) is 5.75 Å². The Morgan fingerprint density at radius 1 is 1.50 bits per heavy atom. The van der Waals surface area contributed by atoms with Crippen LogP contribution >= 0.6 is 0 Å². The van der Waals surface area contributed by atoms with Crippen molar-refractivity contribution in [1.82, 2.24) is 0 Å². The second kappa shape index (κ2) is 8.71. The first kappa shape index (κ1) is 13.7. The van der Waals surface area contributed by atoms with Crippen molar-refractivity contribution in [2.45, 2.75) is 19.3 Å². The average molecular weight is 298 g/mol. The molecule has 1 aromatic rings. The van der Waals surface area contributed by atoms with Crippen LogP contribution in [0, 0.1) is 6.42 Å². The van der Waals surface area contributed by atoms with Crippen LogP contribution in [0.25, 0.3) is 0 Å². The summed E-state index contributed by atoms with van der Waals surface area (Å²) in [4.78, 5) is 10.9. The molecule has 0 spiro atoms. The molecule has 1 fully saturated rings. The minimum absolute atomic E-state index is 0. The minimum atomic E-state index is -0.569. The Hall–Kier alpha value is -0.406. The van der Waals surface area contributed by atoms with Crippen molar-refractivity contribution < 1.29 is 48.7 Å². The van der Waals surface area contributed by atoms with Crippen LogP contribution in [0.5, 0.6) is 5.75 Å². The maximum absolute atomic E-state index is 10.9. The first-order valence-corrected chi connectivity index (χ1v) is 4.84. The van der Waals surface area contributed by atoms with Gasteiger partial charge in [0, 0.05) is 32.7 Å². The smallest absolute Gasteiger partial charge is 0.337 e. The molecule has 2 rings (SSSR count). The standard InChI is InChI=1S/C8H8O3.C4H7.Y/c1-11-8(10)6-2-4-7(9)5-3-6;1-2-4-3-1;/h2-5,9H,1H3;1H,2-4H2;/q;-1;/i2T;;. The SMILES string of the molecule is [3H]c1cc(O)ccc1C(=O)OC.[CH-]1CCC1.[Y]. The van der Waals surface area contributed by atoms with Crippen LogP contribution in [0.3, 0.4) is 0 Å². The molecule has 1 N–H and O–H groups in total. The zero-order chi connectivity index (χ0) is 12.0. The predicted octanol–water partition coefficient (Wildman–Crippen LogP) is 2.55. The molecule has 1 aliphatic rings. The average Bonchev–Trinajstić information content (AvgIpc) is 2.14. The number of phenols is 1. The normalized spacial score (nSPS) is 13.2. The van der Waals surface area contributed by atoms with E-state index in [2.05, 4.69) is 11.2 Å². The van der Waals surface area contributed by atoms with E-state index in [1.807, 2.05) is 0 Å². The first-order chi connectivity index (χ1) is 7.65. The molecule has 1 aliphatic carbocycles. The third kappa shape index (κ3) is 5.62. The molecule has 0 saturated heterocycles. The van der Waals surface area contributed by atoms with Gasteiger partial charge in [0.2, 0.25) is 0 Å². The topological polar surface area (TPSA) is 46.5 Å². The summed E-state index contributed by atoms with van der Waals surface area (Å²) < 4.78 is 11.7. The maximum atomic E-state index is 10.9. The van der Waals surface area contributed by atoms with Crippen LogP contribution in [-0.4, -0.2) is 18.2 Å². The second-order valence-corrected chi connectivity index (χ2v) is 3.17. The van der Waals surface area contributed by atoms with Gasteiger partial charge in [-0.1, -0.05) is 0 Å². The molecule has 0 aromatic heterocycles. The van der Waals surface area contributed by atoms with E-state index in [0.717, 1.165) is 0 Å². The summed E-state index contributed by atoms with van der Waals surface area (Å²) in [6.45, 7) is 0. The quantitative estimate of drug-likeness (QED) is 0.640. The molecule has 0 amide bonds. The first-order valence-electron chi connectivity index (χ1n) is 5.34. The number of hydrogen-bond donors (Lipinski definition) is 1. The summed E-state index contributed by atoms with van der Waals surface area (Å²) in [7, 11) is 1.24. The number of esters is 1. The van der Waals surface area contributed by atoms with E-state index in [0.29, 0.717) is 0 Å². The Morgan fingerprint density at radius 2 is 2.06 bits per heavy atom. The number of methoxy groups -OCH3 is 1. The van der Waals surface area contributed by atoms with Gasteiger partial charge in [0.05, 0.1) is 14.0 Å². The van der Waals surface area contributed by atoms with E-state index in [1.165, 1.54) is 44.6 Å². The Kier molecular flexibility index (Phi) is 7.44. The molecular weight excluding hydrogens is 281 g/mol. The molecule has 0 unspecified atom stereocenters. The van der Waals surface area contributed by atoms with Gasteiger partial charge in [0.25, 0.3) is 0 Å². The number of carbonyl (C=O) groups is 1. The molecule has 1 aromatic carbocycles. The number of ether oxygens (including phenoxy) is 1. The van der Waals surface area contributed by atoms with Crippen LogP contribution in [0.1, 0.15) is 31.0 Å². The summed E-state index contributed by atoms with van der Waals surface area (Å²) in [5.41, 5.74) is 0.148. The molecule has 0 heterocycles. The van der Waals surface area contributed by atoms with Crippen LogP contribution in [0.15, 0.2) is 24.2 Å². The van der Waals surface area contributed by atoms with Crippen LogP contribution in [0.4, 0.5) is 0 Å². The van der Waals surface area contributed by atoms with Crippen LogP contribution in [-0.2, 0) is 37.4 Å². The zero-order valence-corrected chi connectivity index (χ0v) is 12.1. The predicted molar refractivity (Wildman–Crippen MR) is 57.6 cm³/mol. The van der Waals surface area contributed by atoms with E-state index in [1.54, 1.807) is 0 Å². The summed E-state index contributed by atoms with van der Waals surface area (Å²) in [6.07, 6.45) is 6.50. The fourth-order valence-electron chi connectivity index (χ4n) is 0.858. The minimum Gasteiger partial charge on any atom is -0.508 e. The van der Waals surface area contributed by atoms with Gasteiger partial charge in [0.15, 0.2) is 0 Å². The van der Waals surface area contributed by atoms with Gasteiger partial charge >= 0.3 is 5.97 Å². The molecule has 16 heavy (non-hydrogen) atoms. The molecular formula is C12H15O3Y-. The van der Waals surface area contributed by atoms with Crippen molar-refractivity contribution in [3.05, 3.63) is 36.2 Å². The zero-order valence-electron chi connectivity index (χ0n) is 10.3. The number of rotatable bonds is 1. The summed E-state index contributed by atoms with van der Waals surface area (Å²) in [5, 5.41) is 8.92. The van der Waals surface area contributed by atoms with Gasteiger partial charge in [0.1, 0.15) is 5.75 Å². The van der Waals surface area contributed by atoms with Crippen molar-refractivity contribution in [1.29, 1.82) is 0 Å². The number of aromatic hydroxyl groups is 1. The summed E-state index contributed by atoms with van der Waals surface area (Å²) >= 11 is 0. The number of carbonyl (C=O) groups excluding carboxylic acids is 1. The molecule has 0 bridgehead atoms. The fourth-order valence-corrected chi connectivity index (χ4v) is 0.858. The molecule has 1 saturated carbocycles. The monoisotopic (exact) mass is 298 g/mol. The fraction of sp³-hybridized carbons (Fsp3) is 0.333. The number of benzene rings is 1. The summed E-state index contributed by atoms with van der Waals surface area (Å²) in [5.74, 6) is -0.604. The van der Waals surface area contributed by atoms with Gasteiger partial charge in [-0.25, -0.2) is 4.79 Å². The Labute approximate surface area is 122 Å². The van der Waals surface area contributed by atoms with Gasteiger partial charge in [-0.15, -0.1) is 6.42 Å². The van der Waals surface area contributed by atoms with Crippen molar-refractivity contribution in [2.75, 3.05) is 7.11 Å². The number of phenolic OH excluding ortho intramolecular Hbond substituents is 1. The van der Waals surface area contributed by atoms with E-state index < -0.39 is 5.97 Å². The van der Waals surface area contributed by atoms with E-state index in [9.17, 15) is 4.79 Å². The van der Waals surface area contributed by atoms with E-state index in [-0.39, 0.29) is 50.1 Å². The van der Waals surface area contributed by atoms with Gasteiger partial charge in [-0.2, -0.15) is 12.8 Å². The maximum Gasteiger partial charge on any atom is 0.337 e. The third-order valence-electron chi connectivity index (χ3n) is 2.02. The Morgan fingerprint density at radius 3 is 2.44 bits per heavy atom. The second-order valence-electron chi connectivity index (χ2n) is 3.17. The number of hydrogen-bond acceptors (Lipinski definition) is 3. The molecule has 0 aliphatic heterocycles. The van der Waals surface area contributed by atoms with E-state index >= 15 is 0 Å². The third-order valence-corrected chi connectivity index (χ3v) is 2.02. The molecule has 1 radical (unpaired) electrons. The van der Waals surface area contributed by atoms with Crippen molar-refractivity contribution >= 4 is 5.97 Å². The van der Waals surface area contributed by atoms with Crippen molar-refractivity contribution in [3.63, 3.8) is 0 Å². The van der Waals surface area contributed by atoms with Crippen molar-refractivity contribution in [2.24, 2.45) is 0 Å². The molecule has 4 heteroatoms. The van der Waals surface area contributed by atoms with Crippen LogP contribution in [0.2, 0.25) is 0 Å². The van der Waals surface area contributed by atoms with Gasteiger partial charge < -0.3 is 16.3 Å². The molecule has 0 atom stereocenters. The van der Waals surface area contributed by atoms with Gasteiger partial charge in [-0.05, 0) is 24.2 Å². The Balaban J connectivity index is 0.000000433.